The highest BCUT2D eigenvalue weighted by Crippen LogP contribution is 2.12. The third-order valence-corrected chi connectivity index (χ3v) is 3.09. The highest BCUT2D eigenvalue weighted by Gasteiger charge is 2.26. The number of pyridine rings is 1. The molecular weight excluding hydrogens is 214 g/mol. The maximum atomic E-state index is 6.06. The molecule has 0 spiro atoms. The zero-order chi connectivity index (χ0) is 12.1. The Morgan fingerprint density at radius 2 is 2.24 bits per heavy atom. The van der Waals surface area contributed by atoms with E-state index in [2.05, 4.69) is 27.9 Å². The van der Waals surface area contributed by atoms with Crippen molar-refractivity contribution in [3.8, 4) is 0 Å². The summed E-state index contributed by atoms with van der Waals surface area (Å²) in [5, 5.41) is 10.3. The van der Waals surface area contributed by atoms with Gasteiger partial charge < -0.3 is 16.4 Å². The Bertz CT molecular complexity index is 329. The summed E-state index contributed by atoms with van der Waals surface area (Å²) in [5.41, 5.74) is 7.14. The van der Waals surface area contributed by atoms with Gasteiger partial charge in [-0.2, -0.15) is 0 Å². The zero-order valence-electron chi connectivity index (χ0n) is 10.2. The number of hydrogen-bond acceptors (Lipinski definition) is 5. The van der Waals surface area contributed by atoms with Gasteiger partial charge in [-0.15, -0.1) is 0 Å². The Balaban J connectivity index is 1.90. The predicted molar refractivity (Wildman–Crippen MR) is 69.7 cm³/mol. The van der Waals surface area contributed by atoms with Crippen molar-refractivity contribution in [2.45, 2.75) is 31.6 Å². The van der Waals surface area contributed by atoms with Crippen LogP contribution in [-0.4, -0.2) is 36.3 Å². The van der Waals surface area contributed by atoms with E-state index in [9.17, 15) is 0 Å². The number of aromatic nitrogens is 1. The van der Waals surface area contributed by atoms with E-state index in [1.807, 2.05) is 12.1 Å². The van der Waals surface area contributed by atoms with Gasteiger partial charge in [0.05, 0.1) is 6.17 Å². The molecule has 5 nitrogen and oxygen atoms in total. The summed E-state index contributed by atoms with van der Waals surface area (Å²) in [6, 6.07) is 4.50. The first kappa shape index (κ1) is 12.3. The van der Waals surface area contributed by atoms with Gasteiger partial charge >= 0.3 is 0 Å². The lowest BCUT2D eigenvalue weighted by Crippen LogP contribution is -2.60. The fourth-order valence-corrected chi connectivity index (χ4v) is 2.19. The molecule has 0 aromatic carbocycles. The van der Waals surface area contributed by atoms with Crippen molar-refractivity contribution in [3.05, 3.63) is 24.5 Å². The van der Waals surface area contributed by atoms with E-state index in [0.29, 0.717) is 6.04 Å². The molecule has 1 aliphatic heterocycles. The number of piperidine rings is 1. The summed E-state index contributed by atoms with van der Waals surface area (Å²) in [6.07, 6.45) is 4.83. The molecule has 1 aliphatic rings. The van der Waals surface area contributed by atoms with E-state index < -0.39 is 0 Å². The first-order chi connectivity index (χ1) is 8.29. The van der Waals surface area contributed by atoms with E-state index in [1.54, 1.807) is 12.4 Å². The first-order valence-corrected chi connectivity index (χ1v) is 6.18. The number of likely N-dealkylation sites (N-methyl/N-ethyl adjacent to an activating group) is 1. The molecule has 3 unspecified atom stereocenters. The second-order valence-electron chi connectivity index (χ2n) is 4.40. The molecule has 2 heterocycles. The van der Waals surface area contributed by atoms with Crippen molar-refractivity contribution in [1.82, 2.24) is 15.6 Å². The van der Waals surface area contributed by atoms with Crippen LogP contribution in [0.3, 0.4) is 0 Å². The topological polar surface area (TPSA) is 75.0 Å². The lowest BCUT2D eigenvalue weighted by atomic mass is 9.99. The Morgan fingerprint density at radius 1 is 1.47 bits per heavy atom. The highest BCUT2D eigenvalue weighted by molar-refractivity contribution is 5.41. The summed E-state index contributed by atoms with van der Waals surface area (Å²) in [5.74, 6) is 0. The molecule has 0 radical (unpaired) electrons. The minimum atomic E-state index is 0.186. The van der Waals surface area contributed by atoms with Crippen molar-refractivity contribution in [1.29, 1.82) is 0 Å². The lowest BCUT2D eigenvalue weighted by molar-refractivity contribution is 0.304. The van der Waals surface area contributed by atoms with Crippen LogP contribution < -0.4 is 21.7 Å². The first-order valence-electron chi connectivity index (χ1n) is 6.18. The smallest absolute Gasteiger partial charge is 0.0784 e. The second-order valence-corrected chi connectivity index (χ2v) is 4.40. The van der Waals surface area contributed by atoms with Crippen LogP contribution >= 0.6 is 0 Å². The average molecular weight is 235 g/mol. The van der Waals surface area contributed by atoms with E-state index in [0.717, 1.165) is 25.2 Å². The van der Waals surface area contributed by atoms with Crippen LogP contribution in [0.4, 0.5) is 5.69 Å². The Labute approximate surface area is 102 Å². The van der Waals surface area contributed by atoms with Gasteiger partial charge in [0.25, 0.3) is 0 Å². The molecule has 1 aromatic heterocycles. The quantitative estimate of drug-likeness (QED) is 0.596. The standard InChI is InChI=1S/C12H21N5/c1-2-15-11-7-12(16-8-10(11)13)17-9-3-5-14-6-4-9/h3-6,10-12,15-16H,2,7-8,13H2,1H3,(H,14,17). The molecule has 0 amide bonds. The van der Waals surface area contributed by atoms with Gasteiger partial charge in [-0.1, -0.05) is 6.92 Å². The number of hydrogen-bond donors (Lipinski definition) is 4. The van der Waals surface area contributed by atoms with Crippen LogP contribution in [0.2, 0.25) is 0 Å². The molecule has 3 atom stereocenters. The molecule has 5 heteroatoms. The van der Waals surface area contributed by atoms with Crippen molar-refractivity contribution in [3.63, 3.8) is 0 Å². The minimum absolute atomic E-state index is 0.186. The number of anilines is 1. The fraction of sp³-hybridized carbons (Fsp3) is 0.583. The van der Waals surface area contributed by atoms with Gasteiger partial charge in [0.1, 0.15) is 0 Å². The normalized spacial score (nSPS) is 28.9. The Kier molecular flexibility index (Phi) is 4.30. The monoisotopic (exact) mass is 235 g/mol. The largest absolute Gasteiger partial charge is 0.370 e. The summed E-state index contributed by atoms with van der Waals surface area (Å²) < 4.78 is 0. The Hall–Kier alpha value is -1.17. The SMILES string of the molecule is CCNC1CC(Nc2ccncc2)NCC1N. The van der Waals surface area contributed by atoms with Gasteiger partial charge in [-0.05, 0) is 25.1 Å². The number of rotatable bonds is 4. The van der Waals surface area contributed by atoms with Crippen LogP contribution in [0, 0.1) is 0 Å². The zero-order valence-corrected chi connectivity index (χ0v) is 10.2. The fourth-order valence-electron chi connectivity index (χ4n) is 2.19. The maximum Gasteiger partial charge on any atom is 0.0784 e. The predicted octanol–water partition coefficient (Wildman–Crippen LogP) is 0.118. The van der Waals surface area contributed by atoms with Crippen LogP contribution in [0.5, 0.6) is 0 Å². The van der Waals surface area contributed by atoms with E-state index in [1.165, 1.54) is 0 Å². The molecule has 1 fully saturated rings. The summed E-state index contributed by atoms with van der Waals surface area (Å²) in [6.45, 7) is 3.90. The molecule has 5 N–H and O–H groups in total. The third-order valence-electron chi connectivity index (χ3n) is 3.09. The highest BCUT2D eigenvalue weighted by atomic mass is 15.2. The van der Waals surface area contributed by atoms with Crippen LogP contribution in [-0.2, 0) is 0 Å². The van der Waals surface area contributed by atoms with E-state index in [4.69, 9.17) is 5.73 Å². The van der Waals surface area contributed by atoms with Crippen molar-refractivity contribution in [2.75, 3.05) is 18.4 Å². The lowest BCUT2D eigenvalue weighted by Gasteiger charge is -2.36. The van der Waals surface area contributed by atoms with Crippen LogP contribution in [0.25, 0.3) is 0 Å². The molecule has 2 rings (SSSR count). The van der Waals surface area contributed by atoms with Crippen molar-refractivity contribution >= 4 is 5.69 Å². The molecule has 94 valence electrons. The molecular formula is C12H21N5. The second kappa shape index (κ2) is 5.95. The number of nitrogens with one attached hydrogen (secondary N) is 3. The summed E-state index contributed by atoms with van der Waals surface area (Å²) in [7, 11) is 0. The maximum absolute atomic E-state index is 6.06. The third kappa shape index (κ3) is 3.39. The van der Waals surface area contributed by atoms with E-state index in [-0.39, 0.29) is 12.2 Å². The van der Waals surface area contributed by atoms with Gasteiger partial charge in [0.15, 0.2) is 0 Å². The number of nitrogens with zero attached hydrogens (tertiary/aromatic N) is 1. The molecule has 1 aromatic rings. The van der Waals surface area contributed by atoms with Crippen molar-refractivity contribution in [2.24, 2.45) is 5.73 Å². The van der Waals surface area contributed by atoms with Crippen LogP contribution in [0.1, 0.15) is 13.3 Å². The Morgan fingerprint density at radius 3 is 2.94 bits per heavy atom. The molecule has 0 aliphatic carbocycles. The number of nitrogens with two attached hydrogens (primary N) is 1. The van der Waals surface area contributed by atoms with E-state index >= 15 is 0 Å². The van der Waals surface area contributed by atoms with Gasteiger partial charge in [-0.3, -0.25) is 10.3 Å². The van der Waals surface area contributed by atoms with Gasteiger partial charge in [0, 0.05) is 36.7 Å². The van der Waals surface area contributed by atoms with Gasteiger partial charge in [0.2, 0.25) is 0 Å². The molecule has 0 saturated carbocycles. The average Bonchev–Trinajstić information content (AvgIpc) is 2.35. The molecule has 0 bridgehead atoms. The minimum Gasteiger partial charge on any atom is -0.370 e. The molecule has 17 heavy (non-hydrogen) atoms. The summed E-state index contributed by atoms with van der Waals surface area (Å²) in [4.78, 5) is 4.00. The van der Waals surface area contributed by atoms with Crippen molar-refractivity contribution < 1.29 is 0 Å². The van der Waals surface area contributed by atoms with Crippen LogP contribution in [0.15, 0.2) is 24.5 Å². The van der Waals surface area contributed by atoms with Gasteiger partial charge in [-0.25, -0.2) is 0 Å². The summed E-state index contributed by atoms with van der Waals surface area (Å²) >= 11 is 0. The molecule has 1 saturated heterocycles.